The van der Waals surface area contributed by atoms with Crippen LogP contribution in [0.4, 0.5) is 0 Å². The van der Waals surface area contributed by atoms with E-state index in [2.05, 4.69) is 16.3 Å². The molecule has 1 saturated carbocycles. The molecule has 0 aromatic carbocycles. The molecule has 0 spiro atoms. The lowest BCUT2D eigenvalue weighted by atomic mass is 10.2. The smallest absolute Gasteiger partial charge is 0.321 e. The number of aliphatic carboxylic acids is 1. The van der Waals surface area contributed by atoms with Crippen LogP contribution in [0.5, 0.6) is 0 Å². The molecule has 0 saturated heterocycles. The van der Waals surface area contributed by atoms with Crippen LogP contribution in [0.15, 0.2) is 16.8 Å². The zero-order valence-electron chi connectivity index (χ0n) is 9.00. The summed E-state index contributed by atoms with van der Waals surface area (Å²) in [7, 11) is 0. The lowest BCUT2D eigenvalue weighted by Crippen LogP contribution is -2.43. The molecule has 1 unspecified atom stereocenters. The first-order valence-corrected chi connectivity index (χ1v) is 6.34. The number of hydrogen-bond donors (Lipinski definition) is 2. The lowest BCUT2D eigenvalue weighted by molar-refractivity contribution is -0.139. The average Bonchev–Trinajstić information content (AvgIpc) is 2.97. The van der Waals surface area contributed by atoms with Gasteiger partial charge in [-0.05, 0) is 35.2 Å². The molecule has 0 radical (unpaired) electrons. The number of hydrogen-bond acceptors (Lipinski definition) is 4. The molecule has 0 bridgehead atoms. The maximum Gasteiger partial charge on any atom is 0.321 e. The van der Waals surface area contributed by atoms with Crippen LogP contribution in [0.3, 0.4) is 0 Å². The Kier molecular flexibility index (Phi) is 3.58. The van der Waals surface area contributed by atoms with E-state index < -0.39 is 12.0 Å². The van der Waals surface area contributed by atoms with Crippen molar-refractivity contribution in [1.29, 1.82) is 0 Å². The Hall–Kier alpha value is -0.910. The van der Waals surface area contributed by atoms with Gasteiger partial charge in [-0.15, -0.1) is 0 Å². The van der Waals surface area contributed by atoms with Crippen molar-refractivity contribution < 1.29 is 9.90 Å². The summed E-state index contributed by atoms with van der Waals surface area (Å²) >= 11 is 1.66. The molecule has 1 fully saturated rings. The molecule has 0 amide bonds. The highest BCUT2D eigenvalue weighted by molar-refractivity contribution is 7.07. The molecular weight excluding hydrogens is 224 g/mol. The van der Waals surface area contributed by atoms with Crippen LogP contribution in [0.1, 0.15) is 18.4 Å². The summed E-state index contributed by atoms with van der Waals surface area (Å²) in [5, 5.41) is 12.9. The van der Waals surface area contributed by atoms with Gasteiger partial charge in [0.2, 0.25) is 0 Å². The van der Waals surface area contributed by atoms with E-state index in [9.17, 15) is 4.79 Å². The second-order valence-corrected chi connectivity index (χ2v) is 5.02. The van der Waals surface area contributed by atoms with Crippen LogP contribution in [0.25, 0.3) is 0 Å². The molecule has 1 aliphatic rings. The van der Waals surface area contributed by atoms with Crippen LogP contribution in [0.2, 0.25) is 0 Å². The number of carbonyl (C=O) groups is 1. The Morgan fingerprint density at radius 1 is 1.69 bits per heavy atom. The number of nitrogens with two attached hydrogens (primary N) is 1. The largest absolute Gasteiger partial charge is 0.480 e. The van der Waals surface area contributed by atoms with Gasteiger partial charge < -0.3 is 10.8 Å². The second-order valence-electron chi connectivity index (χ2n) is 4.24. The van der Waals surface area contributed by atoms with Crippen molar-refractivity contribution in [2.24, 2.45) is 5.73 Å². The Labute approximate surface area is 98.7 Å². The second kappa shape index (κ2) is 4.95. The SMILES string of the molecule is NC(CN(Cc1ccsc1)C1CC1)C(=O)O. The van der Waals surface area contributed by atoms with Crippen LogP contribution in [-0.4, -0.2) is 34.6 Å². The highest BCUT2D eigenvalue weighted by Gasteiger charge is 2.31. The summed E-state index contributed by atoms with van der Waals surface area (Å²) in [6, 6.07) is 1.83. The average molecular weight is 240 g/mol. The topological polar surface area (TPSA) is 66.6 Å². The van der Waals surface area contributed by atoms with Gasteiger partial charge in [0.25, 0.3) is 0 Å². The number of thiophene rings is 1. The van der Waals surface area contributed by atoms with Crippen molar-refractivity contribution in [1.82, 2.24) is 4.90 Å². The first-order chi connectivity index (χ1) is 7.66. The molecule has 5 heteroatoms. The van der Waals surface area contributed by atoms with Gasteiger partial charge in [-0.1, -0.05) is 0 Å². The molecular formula is C11H16N2O2S. The van der Waals surface area contributed by atoms with Gasteiger partial charge in [0.1, 0.15) is 6.04 Å². The first kappa shape index (κ1) is 11.6. The fourth-order valence-corrected chi connectivity index (χ4v) is 2.39. The minimum atomic E-state index is -0.920. The number of carboxylic acids is 1. The third-order valence-electron chi connectivity index (χ3n) is 2.78. The van der Waals surface area contributed by atoms with Crippen LogP contribution in [-0.2, 0) is 11.3 Å². The zero-order valence-corrected chi connectivity index (χ0v) is 9.82. The van der Waals surface area contributed by atoms with Gasteiger partial charge in [0.05, 0.1) is 0 Å². The molecule has 1 aliphatic carbocycles. The Morgan fingerprint density at radius 2 is 2.44 bits per heavy atom. The molecule has 2 rings (SSSR count). The highest BCUT2D eigenvalue weighted by atomic mass is 32.1. The molecule has 1 aromatic heterocycles. The summed E-state index contributed by atoms with van der Waals surface area (Å²) < 4.78 is 0. The number of rotatable bonds is 6. The van der Waals surface area contributed by atoms with Gasteiger partial charge in [0, 0.05) is 19.1 Å². The Balaban J connectivity index is 1.92. The quantitative estimate of drug-likeness (QED) is 0.782. The van der Waals surface area contributed by atoms with E-state index >= 15 is 0 Å². The van der Waals surface area contributed by atoms with Gasteiger partial charge in [-0.3, -0.25) is 9.69 Å². The van der Waals surface area contributed by atoms with E-state index in [1.807, 2.05) is 5.38 Å². The van der Waals surface area contributed by atoms with Crippen molar-refractivity contribution in [2.75, 3.05) is 6.54 Å². The van der Waals surface area contributed by atoms with Crippen molar-refractivity contribution in [2.45, 2.75) is 31.5 Å². The first-order valence-electron chi connectivity index (χ1n) is 5.40. The Morgan fingerprint density at radius 3 is 2.94 bits per heavy atom. The third kappa shape index (κ3) is 3.04. The van der Waals surface area contributed by atoms with Gasteiger partial charge in [0.15, 0.2) is 0 Å². The molecule has 1 atom stereocenters. The summed E-state index contributed by atoms with van der Waals surface area (Å²) in [4.78, 5) is 12.9. The number of carboxylic acid groups (broad SMARTS) is 1. The molecule has 3 N–H and O–H groups in total. The van der Waals surface area contributed by atoms with E-state index in [0.717, 1.165) is 19.4 Å². The van der Waals surface area contributed by atoms with E-state index in [1.54, 1.807) is 11.3 Å². The van der Waals surface area contributed by atoms with E-state index in [0.29, 0.717) is 12.6 Å². The summed E-state index contributed by atoms with van der Waals surface area (Å²) in [5.74, 6) is -0.920. The van der Waals surface area contributed by atoms with Crippen LogP contribution in [0, 0.1) is 0 Å². The van der Waals surface area contributed by atoms with Crippen LogP contribution >= 0.6 is 11.3 Å². The van der Waals surface area contributed by atoms with E-state index in [1.165, 1.54) is 5.56 Å². The fraction of sp³-hybridized carbons (Fsp3) is 0.545. The summed E-state index contributed by atoms with van der Waals surface area (Å²) in [6.45, 7) is 1.25. The maximum absolute atomic E-state index is 10.7. The molecule has 88 valence electrons. The van der Waals surface area contributed by atoms with Crippen molar-refractivity contribution >= 4 is 17.3 Å². The predicted octanol–water partition coefficient (Wildman–Crippen LogP) is 1.12. The van der Waals surface area contributed by atoms with Crippen molar-refractivity contribution in [3.63, 3.8) is 0 Å². The molecule has 16 heavy (non-hydrogen) atoms. The minimum absolute atomic E-state index is 0.440. The van der Waals surface area contributed by atoms with Crippen molar-refractivity contribution in [3.8, 4) is 0 Å². The van der Waals surface area contributed by atoms with E-state index in [4.69, 9.17) is 10.8 Å². The summed E-state index contributed by atoms with van der Waals surface area (Å²) in [5.41, 5.74) is 6.82. The number of nitrogens with zero attached hydrogens (tertiary/aromatic N) is 1. The fourth-order valence-electron chi connectivity index (χ4n) is 1.73. The van der Waals surface area contributed by atoms with Crippen LogP contribution < -0.4 is 5.73 Å². The summed E-state index contributed by atoms with van der Waals surface area (Å²) in [6.07, 6.45) is 2.33. The highest BCUT2D eigenvalue weighted by Crippen LogP contribution is 2.28. The molecule has 1 aromatic rings. The Bertz CT molecular complexity index is 349. The maximum atomic E-state index is 10.7. The van der Waals surface area contributed by atoms with Gasteiger partial charge in [-0.2, -0.15) is 11.3 Å². The standard InChI is InChI=1S/C11H16N2O2S/c12-10(11(14)15)6-13(9-1-2-9)5-8-3-4-16-7-8/h3-4,7,9-10H,1-2,5-6,12H2,(H,14,15). The van der Waals surface area contributed by atoms with Gasteiger partial charge in [-0.25, -0.2) is 0 Å². The normalized spacial score (nSPS) is 17.6. The third-order valence-corrected chi connectivity index (χ3v) is 3.51. The van der Waals surface area contributed by atoms with Gasteiger partial charge >= 0.3 is 5.97 Å². The zero-order chi connectivity index (χ0) is 11.5. The van der Waals surface area contributed by atoms with E-state index in [-0.39, 0.29) is 0 Å². The van der Waals surface area contributed by atoms with Crippen molar-refractivity contribution in [3.05, 3.63) is 22.4 Å². The minimum Gasteiger partial charge on any atom is -0.480 e. The molecule has 4 nitrogen and oxygen atoms in total. The predicted molar refractivity (Wildman–Crippen MR) is 63.4 cm³/mol. The monoisotopic (exact) mass is 240 g/mol. The molecule has 1 heterocycles. The lowest BCUT2D eigenvalue weighted by Gasteiger charge is -2.23. The molecule has 0 aliphatic heterocycles.